The zero-order valence-corrected chi connectivity index (χ0v) is 29.6. The zero-order valence-electron chi connectivity index (χ0n) is 30.6. The Balaban J connectivity index is 0.00000230. The van der Waals surface area contributed by atoms with Crippen LogP contribution in [0.2, 0.25) is 0 Å². The van der Waals surface area contributed by atoms with Gasteiger partial charge in [-0.05, 0) is 72.6 Å². The summed E-state index contributed by atoms with van der Waals surface area (Å²) in [6.45, 7) is 15.9. The quantitative estimate of drug-likeness (QED) is 0.0787. The molecule has 4 aromatic carbocycles. The maximum absolute atomic E-state index is 13.0. The Bertz CT molecular complexity index is 2000. The number of carbonyl (C=O) groups excluding carboxylic acids is 1. The van der Waals surface area contributed by atoms with Gasteiger partial charge in [0.15, 0.2) is 5.71 Å². The Kier molecular flexibility index (Phi) is 9.79. The second kappa shape index (κ2) is 14.2. The van der Waals surface area contributed by atoms with Gasteiger partial charge in [-0.3, -0.25) is 4.79 Å². The van der Waals surface area contributed by atoms with Gasteiger partial charge in [-0.25, -0.2) is 0 Å². The first kappa shape index (κ1) is 33.2. The van der Waals surface area contributed by atoms with Gasteiger partial charge in [0.05, 0.1) is 12.1 Å². The predicted octanol–water partition coefficient (Wildman–Crippen LogP) is 9.06. The van der Waals surface area contributed by atoms with E-state index in [1.807, 2.05) is 6.92 Å². The van der Waals surface area contributed by atoms with E-state index in [4.69, 9.17) is 1.37 Å². The number of nitrogens with one attached hydrogen (secondary N) is 2. The first-order chi connectivity index (χ1) is 23.7. The normalized spacial score (nSPS) is 17.4. The molecule has 0 saturated carbocycles. The highest BCUT2D eigenvalue weighted by molar-refractivity contribution is 6.08. The van der Waals surface area contributed by atoms with Crippen LogP contribution in [0, 0.1) is 0 Å². The van der Waals surface area contributed by atoms with E-state index in [-0.39, 0.29) is 23.3 Å². The number of allylic oxidation sites excluding steroid dienone is 8. The van der Waals surface area contributed by atoms with Gasteiger partial charge in [0.1, 0.15) is 0 Å². The van der Waals surface area contributed by atoms with Gasteiger partial charge >= 0.3 is 0 Å². The molecule has 0 unspecified atom stereocenters. The molecule has 0 aromatic heterocycles. The highest BCUT2D eigenvalue weighted by Crippen LogP contribution is 2.50. The number of benzene rings is 4. The Morgan fingerprint density at radius 3 is 2.12 bits per heavy atom. The lowest BCUT2D eigenvalue weighted by molar-refractivity contribution is -0.425. The molecular formula is C43H51N4O+. The fourth-order valence-electron chi connectivity index (χ4n) is 7.55. The second-order valence-electron chi connectivity index (χ2n) is 13.4. The van der Waals surface area contributed by atoms with Gasteiger partial charge in [0.25, 0.3) is 5.91 Å². The lowest BCUT2D eigenvalue weighted by Gasteiger charge is -2.26. The van der Waals surface area contributed by atoms with Crippen molar-refractivity contribution in [2.45, 2.75) is 59.8 Å². The summed E-state index contributed by atoms with van der Waals surface area (Å²) in [6, 6.07) is 26.1. The molecule has 0 saturated heterocycles. The molecule has 2 N–H and O–H groups in total. The number of amides is 1. The average molecular weight is 641 g/mol. The van der Waals surface area contributed by atoms with Crippen molar-refractivity contribution in [3.05, 3.63) is 132 Å². The van der Waals surface area contributed by atoms with Crippen LogP contribution in [-0.4, -0.2) is 42.5 Å². The minimum absolute atomic E-state index is 0.00807. The maximum atomic E-state index is 13.0. The number of fused-ring (bicyclic) bond motifs is 6. The monoisotopic (exact) mass is 640 g/mol. The van der Waals surface area contributed by atoms with Crippen molar-refractivity contribution in [1.82, 2.24) is 10.6 Å². The minimum atomic E-state index is -0.278. The van der Waals surface area contributed by atoms with Crippen LogP contribution in [0.25, 0.3) is 21.5 Å². The third-order valence-electron chi connectivity index (χ3n) is 9.74. The third kappa shape index (κ3) is 6.15. The molecule has 0 atom stereocenters. The van der Waals surface area contributed by atoms with Crippen LogP contribution in [0.5, 0.6) is 0 Å². The number of likely N-dealkylation sites (N-methyl/N-ethyl adjacent to an activating group) is 1. The topological polar surface area (TPSA) is 47.4 Å². The van der Waals surface area contributed by atoms with Crippen molar-refractivity contribution in [2.75, 3.05) is 31.2 Å². The van der Waals surface area contributed by atoms with Gasteiger partial charge in [-0.2, -0.15) is 4.58 Å². The van der Waals surface area contributed by atoms with E-state index in [0.29, 0.717) is 6.67 Å². The Hall–Kier alpha value is -4.74. The number of carbonyl (C=O) groups is 1. The molecule has 248 valence electrons. The summed E-state index contributed by atoms with van der Waals surface area (Å²) >= 11 is 0. The molecule has 2 aliphatic heterocycles. The molecule has 0 aliphatic carbocycles. The first-order valence-corrected chi connectivity index (χ1v) is 16.9. The van der Waals surface area contributed by atoms with Crippen LogP contribution in [0.1, 0.15) is 61.4 Å². The summed E-state index contributed by atoms with van der Waals surface area (Å²) in [5.41, 5.74) is 7.10. The van der Waals surface area contributed by atoms with Crippen molar-refractivity contribution in [2.24, 2.45) is 0 Å². The van der Waals surface area contributed by atoms with E-state index >= 15 is 0 Å². The highest BCUT2D eigenvalue weighted by atomic mass is 16.2. The van der Waals surface area contributed by atoms with E-state index in [0.717, 1.165) is 24.5 Å². The van der Waals surface area contributed by atoms with Crippen LogP contribution in [0.15, 0.2) is 121 Å². The number of rotatable bonds is 10. The number of anilines is 1. The number of hydrogen-bond acceptors (Lipinski definition) is 3. The average Bonchev–Trinajstić information content (AvgIpc) is 3.47. The van der Waals surface area contributed by atoms with Gasteiger partial charge in [-0.15, -0.1) is 0 Å². The second-order valence-corrected chi connectivity index (χ2v) is 13.4. The molecule has 0 fully saturated rings. The van der Waals surface area contributed by atoms with Crippen LogP contribution in [-0.2, 0) is 15.6 Å². The summed E-state index contributed by atoms with van der Waals surface area (Å²) < 4.78 is 7.93. The molecule has 1 amide bonds. The van der Waals surface area contributed by atoms with Crippen LogP contribution < -0.4 is 15.5 Å². The Labute approximate surface area is 288 Å². The number of hydrogen-bond donors (Lipinski definition) is 2. The van der Waals surface area contributed by atoms with Crippen LogP contribution in [0.4, 0.5) is 11.4 Å². The maximum Gasteiger partial charge on any atom is 0.287 e. The van der Waals surface area contributed by atoms with Gasteiger partial charge in [0.2, 0.25) is 12.2 Å². The lowest BCUT2D eigenvalue weighted by Crippen LogP contribution is -2.38. The van der Waals surface area contributed by atoms with E-state index in [2.05, 4.69) is 170 Å². The molecule has 2 heterocycles. The zero-order chi connectivity index (χ0) is 35.2. The van der Waals surface area contributed by atoms with E-state index in [1.54, 1.807) is 0 Å². The van der Waals surface area contributed by atoms with E-state index in [1.165, 1.54) is 51.5 Å². The van der Waals surface area contributed by atoms with E-state index in [9.17, 15) is 4.79 Å². The number of nitrogens with zero attached hydrogens (tertiary/aromatic N) is 2. The van der Waals surface area contributed by atoms with Gasteiger partial charge in [0, 0.05) is 42.4 Å². The summed E-state index contributed by atoms with van der Waals surface area (Å²) in [7, 11) is 1.25. The van der Waals surface area contributed by atoms with Crippen molar-refractivity contribution in [1.29, 1.82) is 0 Å². The SMILES string of the molecule is CCNCNC(=O)C[N+]1=C(C=CC=CC=CC=C2N(CC)c3ccc4ccccc4c3C2(C)C)C(C)(C)c2c1ccc1ccccc21.[2H]C. The van der Waals surface area contributed by atoms with Crippen molar-refractivity contribution >= 4 is 44.5 Å². The minimum Gasteiger partial charge on any atom is -0.344 e. The fraction of sp³-hybridized carbons (Fsp3) is 0.302. The van der Waals surface area contributed by atoms with Crippen LogP contribution >= 0.6 is 0 Å². The predicted molar refractivity (Wildman–Crippen MR) is 206 cm³/mol. The molecule has 5 nitrogen and oxygen atoms in total. The molecule has 0 bridgehead atoms. The smallest absolute Gasteiger partial charge is 0.287 e. The van der Waals surface area contributed by atoms with Crippen LogP contribution in [0.3, 0.4) is 0 Å². The van der Waals surface area contributed by atoms with Crippen molar-refractivity contribution in [3.8, 4) is 0 Å². The molecule has 48 heavy (non-hydrogen) atoms. The van der Waals surface area contributed by atoms with E-state index < -0.39 is 0 Å². The largest absolute Gasteiger partial charge is 0.344 e. The van der Waals surface area contributed by atoms with Gasteiger partial charge in [-0.1, -0.05) is 113 Å². The van der Waals surface area contributed by atoms with Crippen molar-refractivity contribution in [3.63, 3.8) is 0 Å². The van der Waals surface area contributed by atoms with Gasteiger partial charge < -0.3 is 15.5 Å². The molecule has 0 radical (unpaired) electrons. The highest BCUT2D eigenvalue weighted by Gasteiger charge is 2.46. The molecule has 6 rings (SSSR count). The summed E-state index contributed by atoms with van der Waals surface area (Å²) in [5, 5.41) is 11.2. The third-order valence-corrected chi connectivity index (χ3v) is 9.74. The first-order valence-electron chi connectivity index (χ1n) is 17.9. The Morgan fingerprint density at radius 2 is 1.44 bits per heavy atom. The summed E-state index contributed by atoms with van der Waals surface area (Å²) in [5.74, 6) is -0.00807. The Morgan fingerprint density at radius 1 is 0.812 bits per heavy atom. The molecule has 5 heteroatoms. The molecular weight excluding hydrogens is 589 g/mol. The van der Waals surface area contributed by atoms with Crippen molar-refractivity contribution < 1.29 is 10.7 Å². The molecule has 2 aliphatic rings. The molecule has 0 spiro atoms. The lowest BCUT2D eigenvalue weighted by atomic mass is 9.79. The molecule has 4 aromatic rings. The summed E-state index contributed by atoms with van der Waals surface area (Å²) in [4.78, 5) is 15.5. The fourth-order valence-corrected chi connectivity index (χ4v) is 7.55. The standard InChI is InChI=1S/C42H46N4O.CH4/c1-7-43-29-44-38(47)28-46-35-27-25-31-19-15-17-21-33(31)40(35)42(5,6)37(46)23-13-11-9-10-12-22-36-41(3,4)39-32-20-16-14-18-30(32)24-26-34(39)45(36)8-2;/h9-27,43H,7-8,28-29H2,1-6H3;1H4/p+1/i;1D. The summed E-state index contributed by atoms with van der Waals surface area (Å²) in [6.07, 6.45) is 14.9.